The molecule has 0 saturated heterocycles. The van der Waals surface area contributed by atoms with Crippen molar-refractivity contribution in [2.45, 2.75) is 14.8 Å². The van der Waals surface area contributed by atoms with Crippen molar-refractivity contribution < 1.29 is 9.90 Å². The monoisotopic (exact) mass is 285 g/mol. The Morgan fingerprint density at radius 1 is 1.31 bits per heavy atom. The van der Waals surface area contributed by atoms with Crippen LogP contribution in [0.5, 0.6) is 0 Å². The minimum absolute atomic E-state index is 0.295. The summed E-state index contributed by atoms with van der Waals surface area (Å²) in [5.74, 6) is -1.09. The van der Waals surface area contributed by atoms with Gasteiger partial charge in [0.15, 0.2) is 0 Å². The van der Waals surface area contributed by atoms with E-state index in [4.69, 9.17) is 0 Å². The average molecular weight is 284 g/mol. The summed E-state index contributed by atoms with van der Waals surface area (Å²) >= 11 is -2.11. The quantitative estimate of drug-likeness (QED) is 0.746. The van der Waals surface area contributed by atoms with E-state index in [9.17, 15) is 9.90 Å². The Morgan fingerprint density at radius 3 is 2.38 bits per heavy atom. The molecule has 0 aliphatic rings. The second-order valence-corrected chi connectivity index (χ2v) is 18.6. The molecule has 0 aromatic heterocycles. The zero-order valence-corrected chi connectivity index (χ0v) is 11.0. The third kappa shape index (κ3) is 2.72. The first-order valence-electron chi connectivity index (χ1n) is 4.23. The molecule has 0 saturated carbocycles. The van der Waals surface area contributed by atoms with E-state index in [1.54, 1.807) is 18.2 Å². The molecular formula is C10H13O2Sn-. The summed E-state index contributed by atoms with van der Waals surface area (Å²) in [5.41, 5.74) is 0.295. The molecule has 0 aliphatic heterocycles. The minimum atomic E-state index is -2.11. The predicted octanol–water partition coefficient (Wildman–Crippen LogP) is 0.595. The summed E-state index contributed by atoms with van der Waals surface area (Å²) in [4.78, 5) is 17.4. The number of hydrogen-bond donors (Lipinski definition) is 0. The van der Waals surface area contributed by atoms with E-state index in [1.807, 2.05) is 6.07 Å². The van der Waals surface area contributed by atoms with E-state index in [0.29, 0.717) is 5.56 Å². The van der Waals surface area contributed by atoms with Gasteiger partial charge < -0.3 is 0 Å². The molecule has 0 amide bonds. The first-order chi connectivity index (χ1) is 5.91. The molecule has 0 spiro atoms. The van der Waals surface area contributed by atoms with Gasteiger partial charge in [-0.2, -0.15) is 0 Å². The van der Waals surface area contributed by atoms with Gasteiger partial charge in [-0.25, -0.2) is 0 Å². The fourth-order valence-corrected chi connectivity index (χ4v) is 4.49. The average Bonchev–Trinajstić information content (AvgIpc) is 2.03. The van der Waals surface area contributed by atoms with Crippen LogP contribution >= 0.6 is 0 Å². The Labute approximate surface area is 82.5 Å². The van der Waals surface area contributed by atoms with Crippen molar-refractivity contribution in [2.24, 2.45) is 0 Å². The molecule has 0 fully saturated rings. The van der Waals surface area contributed by atoms with Crippen LogP contribution in [0.25, 0.3) is 0 Å². The first-order valence-corrected chi connectivity index (χ1v) is 14.2. The van der Waals surface area contributed by atoms with Gasteiger partial charge in [0.25, 0.3) is 0 Å². The van der Waals surface area contributed by atoms with Crippen molar-refractivity contribution in [2.75, 3.05) is 0 Å². The standard InChI is InChI=1S/C7H5O2.3CH3.Sn/c8-7(9)6-4-2-1-3-5-6;;;;/h1-2,4-5H,(H,8,9);3*1H3;/p-1. The van der Waals surface area contributed by atoms with Crippen molar-refractivity contribution in [3.05, 3.63) is 29.8 Å². The molecule has 1 aromatic carbocycles. The zero-order chi connectivity index (χ0) is 10.1. The van der Waals surface area contributed by atoms with Gasteiger partial charge in [0, 0.05) is 0 Å². The molecule has 0 unspecified atom stereocenters. The molecule has 1 rings (SSSR count). The molecule has 3 heteroatoms. The van der Waals surface area contributed by atoms with E-state index >= 15 is 0 Å². The molecule has 0 heterocycles. The molecule has 0 radical (unpaired) electrons. The van der Waals surface area contributed by atoms with Crippen LogP contribution in [0.15, 0.2) is 24.3 Å². The van der Waals surface area contributed by atoms with Crippen molar-refractivity contribution >= 4 is 27.9 Å². The number of carboxylic acids is 1. The Balaban J connectivity index is 3.13. The topological polar surface area (TPSA) is 40.1 Å². The number of carboxylic acid groups (broad SMARTS) is 1. The molecule has 70 valence electrons. The van der Waals surface area contributed by atoms with Crippen LogP contribution < -0.4 is 8.69 Å². The van der Waals surface area contributed by atoms with Crippen LogP contribution in [-0.4, -0.2) is 24.3 Å². The molecular weight excluding hydrogens is 271 g/mol. The van der Waals surface area contributed by atoms with Gasteiger partial charge in [0.2, 0.25) is 0 Å². The third-order valence-corrected chi connectivity index (χ3v) is 7.80. The molecule has 13 heavy (non-hydrogen) atoms. The molecule has 2 nitrogen and oxygen atoms in total. The first kappa shape index (κ1) is 10.6. The molecule has 1 aromatic rings. The summed E-state index contributed by atoms with van der Waals surface area (Å²) in [7, 11) is 0. The van der Waals surface area contributed by atoms with Crippen LogP contribution in [0.2, 0.25) is 14.8 Å². The van der Waals surface area contributed by atoms with Crippen LogP contribution in [0.1, 0.15) is 10.4 Å². The summed E-state index contributed by atoms with van der Waals surface area (Å²) in [6.07, 6.45) is 0. The van der Waals surface area contributed by atoms with E-state index in [-0.39, 0.29) is 0 Å². The van der Waals surface area contributed by atoms with E-state index in [2.05, 4.69) is 14.8 Å². The number of carbonyl (C=O) groups is 1. The summed E-state index contributed by atoms with van der Waals surface area (Å²) in [6, 6.07) is 7.15. The van der Waals surface area contributed by atoms with Crippen LogP contribution in [0.3, 0.4) is 0 Å². The summed E-state index contributed by atoms with van der Waals surface area (Å²) < 4.78 is 1.22. The zero-order valence-electron chi connectivity index (χ0n) is 8.13. The van der Waals surface area contributed by atoms with Gasteiger partial charge in [-0.15, -0.1) is 0 Å². The predicted molar refractivity (Wildman–Crippen MR) is 53.8 cm³/mol. The fourth-order valence-electron chi connectivity index (χ4n) is 1.11. The number of benzene rings is 1. The number of carbonyl (C=O) groups excluding carboxylic acids is 1. The van der Waals surface area contributed by atoms with Crippen LogP contribution in [0.4, 0.5) is 0 Å². The van der Waals surface area contributed by atoms with Crippen molar-refractivity contribution in [1.29, 1.82) is 0 Å². The van der Waals surface area contributed by atoms with E-state index in [1.165, 1.54) is 3.58 Å². The number of aromatic carboxylic acids is 1. The fraction of sp³-hybridized carbons (Fsp3) is 0.300. The normalized spacial score (nSPS) is 11.3. The maximum atomic E-state index is 10.6. The Kier molecular flexibility index (Phi) is 3.01. The number of hydrogen-bond acceptors (Lipinski definition) is 2. The van der Waals surface area contributed by atoms with Gasteiger partial charge in [-0.05, 0) is 0 Å². The van der Waals surface area contributed by atoms with Crippen molar-refractivity contribution in [3.8, 4) is 0 Å². The van der Waals surface area contributed by atoms with Gasteiger partial charge in [0.1, 0.15) is 0 Å². The van der Waals surface area contributed by atoms with Gasteiger partial charge in [0.05, 0.1) is 0 Å². The molecule has 0 bridgehead atoms. The van der Waals surface area contributed by atoms with Crippen LogP contribution in [-0.2, 0) is 0 Å². The summed E-state index contributed by atoms with van der Waals surface area (Å²) in [6.45, 7) is 0. The van der Waals surface area contributed by atoms with Crippen molar-refractivity contribution in [3.63, 3.8) is 0 Å². The van der Waals surface area contributed by atoms with Gasteiger partial charge in [-0.1, -0.05) is 0 Å². The van der Waals surface area contributed by atoms with E-state index < -0.39 is 24.3 Å². The Bertz CT molecular complexity index is 326. The Morgan fingerprint density at radius 2 is 1.92 bits per heavy atom. The SMILES string of the molecule is [CH3][Sn]([CH3])([CH3])[c]1cccc(C(=O)[O-])c1. The molecule has 0 N–H and O–H groups in total. The number of rotatable bonds is 2. The molecule has 0 atom stereocenters. The summed E-state index contributed by atoms with van der Waals surface area (Å²) in [5, 5.41) is 10.6. The van der Waals surface area contributed by atoms with E-state index in [0.717, 1.165) is 0 Å². The Hall–Kier alpha value is -0.511. The maximum absolute atomic E-state index is 10.6. The molecule has 0 aliphatic carbocycles. The van der Waals surface area contributed by atoms with Gasteiger partial charge in [-0.3, -0.25) is 0 Å². The second-order valence-electron chi connectivity index (χ2n) is 4.12. The van der Waals surface area contributed by atoms with Crippen LogP contribution in [0, 0.1) is 0 Å². The second kappa shape index (κ2) is 3.70. The third-order valence-electron chi connectivity index (χ3n) is 1.96. The van der Waals surface area contributed by atoms with Gasteiger partial charge >= 0.3 is 82.5 Å². The van der Waals surface area contributed by atoms with Crippen molar-refractivity contribution in [1.82, 2.24) is 0 Å².